The fourth-order valence-corrected chi connectivity index (χ4v) is 5.06. The Balaban J connectivity index is 4.99. The minimum Gasteiger partial charge on any atom is -0.381 e. The van der Waals surface area contributed by atoms with Crippen LogP contribution < -0.4 is 9.80 Å². The Labute approximate surface area is 244 Å². The van der Waals surface area contributed by atoms with Crippen LogP contribution in [0, 0.1) is 5.41 Å². The van der Waals surface area contributed by atoms with Crippen LogP contribution in [0.3, 0.4) is 0 Å². The first-order valence-corrected chi connectivity index (χ1v) is 17.1. The number of hydrogen-bond donors (Lipinski definition) is 2. The van der Waals surface area contributed by atoms with E-state index in [0.717, 1.165) is 118 Å². The Bertz CT molecular complexity index is 431. The molecule has 236 valence electrons. The average Bonchev–Trinajstić information content (AvgIpc) is 2.96. The van der Waals surface area contributed by atoms with E-state index in [1.54, 1.807) is 9.80 Å². The molecule has 0 heterocycles. The van der Waals surface area contributed by atoms with E-state index >= 15 is 0 Å². The summed E-state index contributed by atoms with van der Waals surface area (Å²) in [4.78, 5) is 3.20. The van der Waals surface area contributed by atoms with Crippen molar-refractivity contribution in [1.82, 2.24) is 0 Å². The molecule has 0 aliphatic heterocycles. The highest BCUT2D eigenvalue weighted by atomic mass is 16.5. The highest BCUT2D eigenvalue weighted by molar-refractivity contribution is 4.80. The number of likely N-dealkylation sites (N-methyl/N-ethyl adjacent to an activating group) is 2. The maximum atomic E-state index is 6.39. The second-order valence-corrected chi connectivity index (χ2v) is 11.6. The smallest absolute Gasteiger partial charge is 0.101 e. The molecule has 0 aliphatic carbocycles. The van der Waals surface area contributed by atoms with Gasteiger partial charge < -0.3 is 28.7 Å². The maximum absolute atomic E-state index is 6.39. The van der Waals surface area contributed by atoms with E-state index in [1.807, 2.05) is 0 Å². The van der Waals surface area contributed by atoms with Crippen molar-refractivity contribution in [3.8, 4) is 0 Å². The second kappa shape index (κ2) is 29.3. The molecule has 39 heavy (non-hydrogen) atoms. The van der Waals surface area contributed by atoms with Crippen LogP contribution in [0.1, 0.15) is 119 Å². The molecule has 0 radical (unpaired) electrons. The van der Waals surface area contributed by atoms with Gasteiger partial charge in [0.2, 0.25) is 0 Å². The highest BCUT2D eigenvalue weighted by Crippen LogP contribution is 2.28. The SMILES string of the molecule is CCCCCCCCOCC(CCCCCOCCCC)(COCC[NH+](CC)CC)COCC[NH+](CC)CC. The van der Waals surface area contributed by atoms with Crippen LogP contribution in [-0.2, 0) is 18.9 Å². The van der Waals surface area contributed by atoms with Crippen LogP contribution in [0.15, 0.2) is 0 Å². The van der Waals surface area contributed by atoms with Gasteiger partial charge in [-0.3, -0.25) is 0 Å². The summed E-state index contributed by atoms with van der Waals surface area (Å²) in [5, 5.41) is 0. The fourth-order valence-electron chi connectivity index (χ4n) is 5.06. The number of ether oxygens (including phenoxy) is 4. The van der Waals surface area contributed by atoms with Gasteiger partial charge in [0, 0.05) is 25.2 Å². The van der Waals surface area contributed by atoms with E-state index in [4.69, 9.17) is 18.9 Å². The Morgan fingerprint density at radius 1 is 0.410 bits per heavy atom. The molecule has 2 N–H and O–H groups in total. The molecule has 0 fully saturated rings. The van der Waals surface area contributed by atoms with Crippen molar-refractivity contribution in [2.75, 3.05) is 92.1 Å². The number of rotatable bonds is 32. The van der Waals surface area contributed by atoms with Gasteiger partial charge in [0.1, 0.15) is 13.1 Å². The molecule has 0 aromatic heterocycles. The zero-order valence-electron chi connectivity index (χ0n) is 27.5. The van der Waals surface area contributed by atoms with E-state index in [2.05, 4.69) is 41.5 Å². The molecule has 0 saturated heterocycles. The maximum Gasteiger partial charge on any atom is 0.101 e. The minimum absolute atomic E-state index is 0.0670. The molecular formula is C33H72N2O4+2. The lowest BCUT2D eigenvalue weighted by Gasteiger charge is -2.34. The first-order chi connectivity index (χ1) is 19.1. The van der Waals surface area contributed by atoms with Crippen molar-refractivity contribution >= 4 is 0 Å². The summed E-state index contributed by atoms with van der Waals surface area (Å²) in [6.07, 6.45) is 14.7. The third-order valence-electron chi connectivity index (χ3n) is 8.20. The van der Waals surface area contributed by atoms with Crippen molar-refractivity contribution in [2.45, 2.75) is 119 Å². The van der Waals surface area contributed by atoms with Crippen molar-refractivity contribution in [3.63, 3.8) is 0 Å². The summed E-state index contributed by atoms with van der Waals surface area (Å²) >= 11 is 0. The molecule has 0 atom stereocenters. The monoisotopic (exact) mass is 561 g/mol. The number of nitrogens with one attached hydrogen (secondary N) is 2. The van der Waals surface area contributed by atoms with Crippen LogP contribution in [0.4, 0.5) is 0 Å². The Kier molecular flexibility index (Phi) is 29.1. The summed E-state index contributed by atoms with van der Waals surface area (Å²) in [6, 6.07) is 0. The molecule has 0 aromatic carbocycles. The van der Waals surface area contributed by atoms with E-state index in [1.165, 1.54) is 51.4 Å². The Morgan fingerprint density at radius 3 is 1.33 bits per heavy atom. The van der Waals surface area contributed by atoms with E-state index in [9.17, 15) is 0 Å². The third kappa shape index (κ3) is 23.1. The fraction of sp³-hybridized carbons (Fsp3) is 1.00. The Morgan fingerprint density at radius 2 is 0.821 bits per heavy atom. The molecule has 0 aliphatic rings. The van der Waals surface area contributed by atoms with Gasteiger partial charge in [0.25, 0.3) is 0 Å². The lowest BCUT2D eigenvalue weighted by atomic mass is 9.84. The zero-order valence-corrected chi connectivity index (χ0v) is 27.5. The summed E-state index contributed by atoms with van der Waals surface area (Å²) in [5.41, 5.74) is -0.0670. The first kappa shape index (κ1) is 38.8. The summed E-state index contributed by atoms with van der Waals surface area (Å²) in [5.74, 6) is 0. The first-order valence-electron chi connectivity index (χ1n) is 17.1. The standard InChI is InChI=1S/C33H70N2O4/c1-7-13-15-16-17-20-27-37-30-33(31-38-28-23-34(9-3)10-4,32-39-29-24-35(11-5)12-6)22-19-18-21-26-36-25-14-8-2/h7-32H2,1-6H3/p+2. The zero-order chi connectivity index (χ0) is 28.9. The molecule has 0 unspecified atom stereocenters. The van der Waals surface area contributed by atoms with Crippen LogP contribution >= 0.6 is 0 Å². The van der Waals surface area contributed by atoms with Crippen LogP contribution in [0.2, 0.25) is 0 Å². The normalized spacial score (nSPS) is 12.3. The lowest BCUT2D eigenvalue weighted by molar-refractivity contribution is -0.896. The molecule has 0 rings (SSSR count). The van der Waals surface area contributed by atoms with Gasteiger partial charge in [-0.2, -0.15) is 0 Å². The van der Waals surface area contributed by atoms with Gasteiger partial charge in [-0.15, -0.1) is 0 Å². The molecule has 0 amide bonds. The second-order valence-electron chi connectivity index (χ2n) is 11.6. The predicted octanol–water partition coefficient (Wildman–Crippen LogP) is 4.61. The van der Waals surface area contributed by atoms with Crippen LogP contribution in [0.25, 0.3) is 0 Å². The largest absolute Gasteiger partial charge is 0.381 e. The lowest BCUT2D eigenvalue weighted by Crippen LogP contribution is -3.11. The number of hydrogen-bond acceptors (Lipinski definition) is 4. The Hall–Kier alpha value is -0.240. The van der Waals surface area contributed by atoms with Crippen LogP contribution in [-0.4, -0.2) is 92.1 Å². The number of unbranched alkanes of at least 4 members (excludes halogenated alkanes) is 8. The molecule has 6 nitrogen and oxygen atoms in total. The van der Waals surface area contributed by atoms with Crippen molar-refractivity contribution in [1.29, 1.82) is 0 Å². The van der Waals surface area contributed by atoms with E-state index in [-0.39, 0.29) is 5.41 Å². The van der Waals surface area contributed by atoms with Crippen LogP contribution in [0.5, 0.6) is 0 Å². The summed E-state index contributed by atoms with van der Waals surface area (Å²) in [7, 11) is 0. The van der Waals surface area contributed by atoms with Gasteiger partial charge in [-0.25, -0.2) is 0 Å². The summed E-state index contributed by atoms with van der Waals surface area (Å²) in [6.45, 7) is 26.8. The van der Waals surface area contributed by atoms with Crippen molar-refractivity contribution in [2.24, 2.45) is 5.41 Å². The quantitative estimate of drug-likeness (QED) is 0.118. The average molecular weight is 561 g/mol. The van der Waals surface area contributed by atoms with E-state index < -0.39 is 0 Å². The molecule has 0 spiro atoms. The van der Waals surface area contributed by atoms with Crippen molar-refractivity contribution in [3.05, 3.63) is 0 Å². The highest BCUT2D eigenvalue weighted by Gasteiger charge is 2.31. The topological polar surface area (TPSA) is 45.8 Å². The van der Waals surface area contributed by atoms with E-state index in [0.29, 0.717) is 0 Å². The van der Waals surface area contributed by atoms with Gasteiger partial charge in [0.05, 0.1) is 59.2 Å². The summed E-state index contributed by atoms with van der Waals surface area (Å²) < 4.78 is 25.0. The molecule has 6 heteroatoms. The number of quaternary nitrogens is 2. The predicted molar refractivity (Wildman–Crippen MR) is 166 cm³/mol. The third-order valence-corrected chi connectivity index (χ3v) is 8.20. The van der Waals surface area contributed by atoms with Gasteiger partial charge in [-0.1, -0.05) is 65.2 Å². The molecule has 0 aromatic rings. The molecule has 0 bridgehead atoms. The molecular weight excluding hydrogens is 488 g/mol. The van der Waals surface area contributed by atoms with Gasteiger partial charge in [-0.05, 0) is 53.4 Å². The molecule has 0 saturated carbocycles. The van der Waals surface area contributed by atoms with Gasteiger partial charge >= 0.3 is 0 Å². The van der Waals surface area contributed by atoms with Gasteiger partial charge in [0.15, 0.2) is 0 Å². The van der Waals surface area contributed by atoms with Crippen molar-refractivity contribution < 1.29 is 28.7 Å². The minimum atomic E-state index is -0.0670.